The number of halogens is 2. The Morgan fingerprint density at radius 3 is 2.56 bits per heavy atom. The molecule has 1 aliphatic carbocycles. The van der Waals surface area contributed by atoms with Crippen LogP contribution in [0.2, 0.25) is 0 Å². The summed E-state index contributed by atoms with van der Waals surface area (Å²) in [5, 5.41) is 0. The number of hydrogen-bond donors (Lipinski definition) is 0. The summed E-state index contributed by atoms with van der Waals surface area (Å²) in [6.45, 7) is 0.704. The maximum atomic E-state index is 13.6. The molecule has 0 unspecified atom stereocenters. The summed E-state index contributed by atoms with van der Waals surface area (Å²) in [6.07, 6.45) is 2.99. The molecule has 2 rings (SSSR count). The lowest BCUT2D eigenvalue weighted by molar-refractivity contribution is -0.120. The average molecular weight is 253 g/mol. The average Bonchev–Trinajstić information content (AvgIpc) is 2.32. The van der Waals surface area contributed by atoms with Gasteiger partial charge in [-0.15, -0.1) is 0 Å². The van der Waals surface area contributed by atoms with Crippen LogP contribution in [0.15, 0.2) is 18.2 Å². The van der Waals surface area contributed by atoms with Crippen molar-refractivity contribution in [1.29, 1.82) is 0 Å². The molecule has 0 atom stereocenters. The summed E-state index contributed by atoms with van der Waals surface area (Å²) in [5.74, 6) is -0.365. The van der Waals surface area contributed by atoms with Gasteiger partial charge in [0.1, 0.15) is 17.4 Å². The molecule has 0 radical (unpaired) electrons. The summed E-state index contributed by atoms with van der Waals surface area (Å²) >= 11 is 0. The third-order valence-electron chi connectivity index (χ3n) is 3.52. The Hall–Kier alpha value is -1.45. The van der Waals surface area contributed by atoms with Crippen LogP contribution in [0.3, 0.4) is 0 Å². The molecule has 0 aliphatic heterocycles. The van der Waals surface area contributed by atoms with Crippen LogP contribution in [0.5, 0.6) is 0 Å². The molecule has 1 fully saturated rings. The summed E-state index contributed by atoms with van der Waals surface area (Å²) < 4.78 is 26.4. The zero-order valence-corrected chi connectivity index (χ0v) is 10.5. The number of ketones is 1. The van der Waals surface area contributed by atoms with Crippen molar-refractivity contribution in [3.8, 4) is 0 Å². The second-order valence-electron chi connectivity index (χ2n) is 4.96. The molecule has 0 spiro atoms. The van der Waals surface area contributed by atoms with E-state index in [1.54, 1.807) is 11.9 Å². The van der Waals surface area contributed by atoms with Gasteiger partial charge in [-0.25, -0.2) is 8.78 Å². The minimum Gasteiger partial charge on any atom is -0.372 e. The molecule has 0 amide bonds. The van der Waals surface area contributed by atoms with Crippen LogP contribution in [0.25, 0.3) is 0 Å². The molecule has 0 aromatic heterocycles. The number of carbonyl (C=O) groups is 1. The SMILES string of the molecule is CN(CC1CCC(=O)CC1)c1ccc(F)cc1F. The summed E-state index contributed by atoms with van der Waals surface area (Å²) in [5.41, 5.74) is 0.410. The van der Waals surface area contributed by atoms with E-state index in [4.69, 9.17) is 0 Å². The summed E-state index contributed by atoms with van der Waals surface area (Å²) in [6, 6.07) is 3.62. The predicted molar refractivity (Wildman–Crippen MR) is 66.6 cm³/mol. The van der Waals surface area contributed by atoms with Crippen molar-refractivity contribution in [2.75, 3.05) is 18.5 Å². The number of benzene rings is 1. The fraction of sp³-hybridized carbons (Fsp3) is 0.500. The molecule has 2 nitrogen and oxygen atoms in total. The molecular weight excluding hydrogens is 236 g/mol. The Morgan fingerprint density at radius 2 is 1.94 bits per heavy atom. The van der Waals surface area contributed by atoms with E-state index in [9.17, 15) is 13.6 Å². The zero-order chi connectivity index (χ0) is 13.1. The summed E-state index contributed by atoms with van der Waals surface area (Å²) in [7, 11) is 1.80. The highest BCUT2D eigenvalue weighted by Gasteiger charge is 2.21. The Balaban J connectivity index is 1.98. The van der Waals surface area contributed by atoms with E-state index in [0.717, 1.165) is 18.9 Å². The molecule has 1 aliphatic rings. The number of rotatable bonds is 3. The molecule has 4 heteroatoms. The standard InChI is InChI=1S/C14H17F2NO/c1-17(9-10-2-5-12(18)6-3-10)14-7-4-11(15)8-13(14)16/h4,7-8,10H,2-3,5-6,9H2,1H3. The predicted octanol–water partition coefficient (Wildman–Crippen LogP) is 3.16. The third-order valence-corrected chi connectivity index (χ3v) is 3.52. The van der Waals surface area contributed by atoms with Gasteiger partial charge in [-0.2, -0.15) is 0 Å². The van der Waals surface area contributed by atoms with E-state index in [-0.39, 0.29) is 0 Å². The number of Topliss-reactive ketones (excluding diaryl/α,β-unsaturated/α-hetero) is 1. The minimum atomic E-state index is -0.562. The Morgan fingerprint density at radius 1 is 1.28 bits per heavy atom. The maximum Gasteiger partial charge on any atom is 0.149 e. The van der Waals surface area contributed by atoms with Gasteiger partial charge in [-0.1, -0.05) is 0 Å². The molecule has 1 aromatic rings. The molecule has 0 heterocycles. The topological polar surface area (TPSA) is 20.3 Å². The van der Waals surface area contributed by atoms with Crippen molar-refractivity contribution in [3.63, 3.8) is 0 Å². The number of anilines is 1. The second-order valence-corrected chi connectivity index (χ2v) is 4.96. The molecular formula is C14H17F2NO. The molecule has 0 N–H and O–H groups in total. The molecule has 1 saturated carbocycles. The van der Waals surface area contributed by atoms with Crippen LogP contribution < -0.4 is 4.90 Å². The van der Waals surface area contributed by atoms with Gasteiger partial charge >= 0.3 is 0 Å². The largest absolute Gasteiger partial charge is 0.372 e. The van der Waals surface area contributed by atoms with Crippen molar-refractivity contribution < 1.29 is 13.6 Å². The van der Waals surface area contributed by atoms with Crippen LogP contribution in [-0.2, 0) is 4.79 Å². The maximum absolute atomic E-state index is 13.6. The summed E-state index contributed by atoms with van der Waals surface area (Å²) in [4.78, 5) is 12.9. The Labute approximate surface area is 106 Å². The van der Waals surface area contributed by atoms with Gasteiger partial charge in [0, 0.05) is 32.5 Å². The van der Waals surface area contributed by atoms with Crippen molar-refractivity contribution >= 4 is 11.5 Å². The number of carbonyl (C=O) groups excluding carboxylic acids is 1. The van der Waals surface area contributed by atoms with Crippen LogP contribution in [-0.4, -0.2) is 19.4 Å². The first-order valence-electron chi connectivity index (χ1n) is 6.24. The fourth-order valence-corrected chi connectivity index (χ4v) is 2.46. The van der Waals surface area contributed by atoms with Gasteiger partial charge in [0.05, 0.1) is 5.69 Å². The quantitative estimate of drug-likeness (QED) is 0.824. The normalized spacial score (nSPS) is 16.9. The van der Waals surface area contributed by atoms with E-state index in [1.807, 2.05) is 0 Å². The van der Waals surface area contributed by atoms with Crippen molar-refractivity contribution in [2.45, 2.75) is 25.7 Å². The van der Waals surface area contributed by atoms with E-state index in [2.05, 4.69) is 0 Å². The third kappa shape index (κ3) is 3.06. The highest BCUT2D eigenvalue weighted by molar-refractivity contribution is 5.79. The van der Waals surface area contributed by atoms with Crippen molar-refractivity contribution in [1.82, 2.24) is 0 Å². The van der Waals surface area contributed by atoms with Crippen LogP contribution >= 0.6 is 0 Å². The van der Waals surface area contributed by atoms with Gasteiger partial charge < -0.3 is 4.90 Å². The first-order chi connectivity index (χ1) is 8.56. The van der Waals surface area contributed by atoms with Crippen LogP contribution in [0.4, 0.5) is 14.5 Å². The highest BCUT2D eigenvalue weighted by atomic mass is 19.1. The Bertz CT molecular complexity index is 437. The molecule has 0 bridgehead atoms. The van der Waals surface area contributed by atoms with Crippen molar-refractivity contribution in [3.05, 3.63) is 29.8 Å². The van der Waals surface area contributed by atoms with Gasteiger partial charge in [-0.3, -0.25) is 4.79 Å². The van der Waals surface area contributed by atoms with E-state index >= 15 is 0 Å². The van der Waals surface area contributed by atoms with Gasteiger partial charge in [0.25, 0.3) is 0 Å². The lowest BCUT2D eigenvalue weighted by Gasteiger charge is -2.28. The first kappa shape index (κ1) is 13.0. The molecule has 1 aromatic carbocycles. The fourth-order valence-electron chi connectivity index (χ4n) is 2.46. The number of hydrogen-bond acceptors (Lipinski definition) is 2. The lowest BCUT2D eigenvalue weighted by Crippen LogP contribution is -2.29. The van der Waals surface area contributed by atoms with E-state index in [0.29, 0.717) is 36.8 Å². The van der Waals surface area contributed by atoms with Crippen molar-refractivity contribution in [2.24, 2.45) is 5.92 Å². The second kappa shape index (κ2) is 5.46. The molecule has 98 valence electrons. The monoisotopic (exact) mass is 253 g/mol. The molecule has 18 heavy (non-hydrogen) atoms. The first-order valence-corrected chi connectivity index (χ1v) is 6.24. The van der Waals surface area contributed by atoms with Gasteiger partial charge in [0.2, 0.25) is 0 Å². The zero-order valence-electron chi connectivity index (χ0n) is 10.5. The lowest BCUT2D eigenvalue weighted by atomic mass is 9.88. The van der Waals surface area contributed by atoms with Gasteiger partial charge in [0.15, 0.2) is 0 Å². The Kier molecular flexibility index (Phi) is 3.94. The van der Waals surface area contributed by atoms with Crippen LogP contribution in [0.1, 0.15) is 25.7 Å². The minimum absolute atomic E-state index is 0.321. The molecule has 0 saturated heterocycles. The highest BCUT2D eigenvalue weighted by Crippen LogP contribution is 2.25. The smallest absolute Gasteiger partial charge is 0.149 e. The van der Waals surface area contributed by atoms with E-state index in [1.165, 1.54) is 12.1 Å². The van der Waals surface area contributed by atoms with E-state index < -0.39 is 11.6 Å². The number of nitrogens with zero attached hydrogens (tertiary/aromatic N) is 1. The van der Waals surface area contributed by atoms with Crippen LogP contribution in [0, 0.1) is 17.6 Å². The van der Waals surface area contributed by atoms with Gasteiger partial charge in [-0.05, 0) is 30.9 Å².